The molecule has 0 heterocycles. The van der Waals surface area contributed by atoms with Crippen LogP contribution in [0.4, 0.5) is 5.69 Å². The van der Waals surface area contributed by atoms with Crippen molar-refractivity contribution in [2.24, 2.45) is 0 Å². The Hall–Kier alpha value is -2.31. The highest BCUT2D eigenvalue weighted by Crippen LogP contribution is 2.35. The van der Waals surface area contributed by atoms with Crippen LogP contribution < -0.4 is 5.32 Å². The molecule has 2 rings (SSSR count). The Labute approximate surface area is 138 Å². The van der Waals surface area contributed by atoms with Gasteiger partial charge in [0.25, 0.3) is 5.91 Å². The first kappa shape index (κ1) is 18.0. The second-order valence-electron chi connectivity index (χ2n) is 4.93. The lowest BCUT2D eigenvalue weighted by Gasteiger charge is -2.08. The topological polar surface area (TPSA) is 113 Å². The highest BCUT2D eigenvalue weighted by molar-refractivity contribution is 7.46. The van der Waals surface area contributed by atoms with Gasteiger partial charge in [-0.3, -0.25) is 14.1 Å². The first-order chi connectivity index (χ1) is 11.4. The summed E-state index contributed by atoms with van der Waals surface area (Å²) in [7, 11) is -4.46. The largest absolute Gasteiger partial charge is 0.469 e. The summed E-state index contributed by atoms with van der Waals surface area (Å²) in [6.07, 6.45) is 0.951. The Balaban J connectivity index is 1.97. The summed E-state index contributed by atoms with van der Waals surface area (Å²) in [4.78, 5) is 40.3. The monoisotopic (exact) mass is 349 g/mol. The number of phosphoric acid groups is 1. The van der Waals surface area contributed by atoms with E-state index in [-0.39, 0.29) is 12.2 Å². The summed E-state index contributed by atoms with van der Waals surface area (Å²) in [5.41, 5.74) is 1.93. The summed E-state index contributed by atoms with van der Waals surface area (Å²) in [6.45, 7) is -0.108. The van der Waals surface area contributed by atoms with Crippen LogP contribution in [0.3, 0.4) is 0 Å². The SMILES string of the molecule is O=Cc1ccccc1C(=O)Nc1ccc(CCOP(=O)(O)O)cc1. The van der Waals surface area contributed by atoms with Crippen LogP contribution in [0.5, 0.6) is 0 Å². The smallest absolute Gasteiger partial charge is 0.322 e. The van der Waals surface area contributed by atoms with Crippen molar-refractivity contribution in [3.05, 3.63) is 65.2 Å². The predicted molar refractivity (Wildman–Crippen MR) is 87.9 cm³/mol. The molecule has 24 heavy (non-hydrogen) atoms. The molecule has 8 heteroatoms. The van der Waals surface area contributed by atoms with Crippen LogP contribution in [-0.4, -0.2) is 28.6 Å². The van der Waals surface area contributed by atoms with Gasteiger partial charge in [-0.1, -0.05) is 30.3 Å². The van der Waals surface area contributed by atoms with Gasteiger partial charge in [0.05, 0.1) is 12.2 Å². The average molecular weight is 349 g/mol. The minimum atomic E-state index is -4.46. The molecule has 0 fully saturated rings. The molecule has 2 aromatic rings. The predicted octanol–water partition coefficient (Wildman–Crippen LogP) is 2.40. The second kappa shape index (κ2) is 7.99. The molecule has 0 spiro atoms. The van der Waals surface area contributed by atoms with Gasteiger partial charge < -0.3 is 15.1 Å². The van der Waals surface area contributed by atoms with Gasteiger partial charge in [0.1, 0.15) is 0 Å². The number of carbonyl (C=O) groups is 2. The third kappa shape index (κ3) is 5.40. The molecule has 0 atom stereocenters. The van der Waals surface area contributed by atoms with Gasteiger partial charge in [0, 0.05) is 11.3 Å². The summed E-state index contributed by atoms with van der Waals surface area (Å²) in [5, 5.41) is 2.69. The van der Waals surface area contributed by atoms with Crippen molar-refractivity contribution >= 4 is 25.7 Å². The summed E-state index contributed by atoms with van der Waals surface area (Å²) in [5.74, 6) is -0.393. The van der Waals surface area contributed by atoms with Gasteiger partial charge in [-0.05, 0) is 30.2 Å². The summed E-state index contributed by atoms with van der Waals surface area (Å²) >= 11 is 0. The van der Waals surface area contributed by atoms with Crippen molar-refractivity contribution in [2.45, 2.75) is 6.42 Å². The highest BCUT2D eigenvalue weighted by atomic mass is 31.2. The maximum absolute atomic E-state index is 12.2. The third-order valence-electron chi connectivity index (χ3n) is 3.19. The molecule has 2 aromatic carbocycles. The van der Waals surface area contributed by atoms with Gasteiger partial charge in [0.2, 0.25) is 0 Å². The van der Waals surface area contributed by atoms with Gasteiger partial charge in [-0.25, -0.2) is 4.57 Å². The second-order valence-corrected chi connectivity index (χ2v) is 6.17. The quantitative estimate of drug-likeness (QED) is 0.523. The molecule has 0 aliphatic carbocycles. The first-order valence-electron chi connectivity index (χ1n) is 7.03. The Morgan fingerprint density at radius 2 is 1.79 bits per heavy atom. The normalized spacial score (nSPS) is 11.1. The Bertz CT molecular complexity index is 768. The number of rotatable bonds is 7. The van der Waals surface area contributed by atoms with Crippen LogP contribution in [0.25, 0.3) is 0 Å². The van der Waals surface area contributed by atoms with Crippen LogP contribution in [0, 0.1) is 0 Å². The molecule has 0 aromatic heterocycles. The number of carbonyl (C=O) groups excluding carboxylic acids is 2. The average Bonchev–Trinajstić information content (AvgIpc) is 2.55. The molecule has 0 radical (unpaired) electrons. The van der Waals surface area contributed by atoms with Gasteiger partial charge in [-0.15, -0.1) is 0 Å². The van der Waals surface area contributed by atoms with Crippen LogP contribution in [0.2, 0.25) is 0 Å². The van der Waals surface area contributed by atoms with E-state index in [4.69, 9.17) is 9.79 Å². The Morgan fingerprint density at radius 3 is 2.42 bits per heavy atom. The van der Waals surface area contributed by atoms with Crippen molar-refractivity contribution in [2.75, 3.05) is 11.9 Å². The van der Waals surface area contributed by atoms with Crippen molar-refractivity contribution in [3.63, 3.8) is 0 Å². The number of phosphoric ester groups is 1. The molecular weight excluding hydrogens is 333 g/mol. The number of benzene rings is 2. The molecule has 1 amide bonds. The zero-order chi connectivity index (χ0) is 17.6. The molecule has 7 nitrogen and oxygen atoms in total. The van der Waals surface area contributed by atoms with E-state index in [0.29, 0.717) is 24.0 Å². The molecule has 126 valence electrons. The van der Waals surface area contributed by atoms with E-state index < -0.39 is 13.7 Å². The zero-order valence-electron chi connectivity index (χ0n) is 12.6. The maximum atomic E-state index is 12.2. The molecular formula is C16H16NO6P. The Morgan fingerprint density at radius 1 is 1.12 bits per heavy atom. The van der Waals surface area contributed by atoms with E-state index in [0.717, 1.165) is 5.56 Å². The number of hydrogen-bond acceptors (Lipinski definition) is 4. The summed E-state index contributed by atoms with van der Waals surface area (Å²) < 4.78 is 15.0. The maximum Gasteiger partial charge on any atom is 0.469 e. The molecule has 0 aliphatic heterocycles. The van der Waals surface area contributed by atoms with E-state index in [1.807, 2.05) is 0 Å². The fourth-order valence-corrected chi connectivity index (χ4v) is 2.37. The lowest BCUT2D eigenvalue weighted by Crippen LogP contribution is -2.14. The fourth-order valence-electron chi connectivity index (χ4n) is 2.04. The third-order valence-corrected chi connectivity index (χ3v) is 3.71. The molecule has 0 saturated heterocycles. The number of nitrogens with one attached hydrogen (secondary N) is 1. The number of anilines is 1. The summed E-state index contributed by atoms with van der Waals surface area (Å²) in [6, 6.07) is 13.2. The standard InChI is InChI=1S/C16H16NO6P/c18-11-13-3-1-2-4-15(13)16(19)17-14-7-5-12(6-8-14)9-10-23-24(20,21)22/h1-8,11H,9-10H2,(H,17,19)(H2,20,21,22). The van der Waals surface area contributed by atoms with Crippen molar-refractivity contribution in [3.8, 4) is 0 Å². The van der Waals surface area contributed by atoms with Gasteiger partial charge in [-0.2, -0.15) is 0 Å². The minimum absolute atomic E-state index is 0.108. The van der Waals surface area contributed by atoms with Gasteiger partial charge >= 0.3 is 7.82 Å². The lowest BCUT2D eigenvalue weighted by molar-refractivity contribution is 0.101. The number of amides is 1. The van der Waals surface area contributed by atoms with E-state index in [9.17, 15) is 14.2 Å². The van der Waals surface area contributed by atoms with Crippen molar-refractivity contribution in [1.29, 1.82) is 0 Å². The zero-order valence-corrected chi connectivity index (χ0v) is 13.5. The Kier molecular flexibility index (Phi) is 6.00. The minimum Gasteiger partial charge on any atom is -0.322 e. The van der Waals surface area contributed by atoms with Crippen LogP contribution in [0.1, 0.15) is 26.3 Å². The molecule has 3 N–H and O–H groups in total. The highest BCUT2D eigenvalue weighted by Gasteiger charge is 2.13. The molecule has 0 saturated carbocycles. The van der Waals surface area contributed by atoms with Crippen molar-refractivity contribution in [1.82, 2.24) is 0 Å². The number of aldehydes is 1. The van der Waals surface area contributed by atoms with E-state index in [1.165, 1.54) is 0 Å². The first-order valence-corrected chi connectivity index (χ1v) is 8.56. The molecule has 0 bridgehead atoms. The lowest BCUT2D eigenvalue weighted by atomic mass is 10.1. The molecule has 0 unspecified atom stereocenters. The van der Waals surface area contributed by atoms with Gasteiger partial charge in [0.15, 0.2) is 6.29 Å². The van der Waals surface area contributed by atoms with E-state index in [2.05, 4.69) is 9.84 Å². The molecule has 0 aliphatic rings. The van der Waals surface area contributed by atoms with Crippen molar-refractivity contribution < 1.29 is 28.5 Å². The van der Waals surface area contributed by atoms with Crippen LogP contribution in [0.15, 0.2) is 48.5 Å². The van der Waals surface area contributed by atoms with E-state index >= 15 is 0 Å². The van der Waals surface area contributed by atoms with Crippen LogP contribution in [-0.2, 0) is 15.5 Å². The number of hydrogen-bond donors (Lipinski definition) is 3. The van der Waals surface area contributed by atoms with Crippen LogP contribution >= 0.6 is 7.82 Å². The fraction of sp³-hybridized carbons (Fsp3) is 0.125. The van der Waals surface area contributed by atoms with E-state index in [1.54, 1.807) is 48.5 Å².